The first-order valence-electron chi connectivity index (χ1n) is 6.27. The van der Waals surface area contributed by atoms with Gasteiger partial charge in [-0.25, -0.2) is 4.98 Å². The van der Waals surface area contributed by atoms with E-state index >= 15 is 0 Å². The molecular weight excluding hydrogens is 254 g/mol. The highest BCUT2D eigenvalue weighted by Crippen LogP contribution is 2.14. The fourth-order valence-corrected chi connectivity index (χ4v) is 1.86. The van der Waals surface area contributed by atoms with Crippen LogP contribution in [0.3, 0.4) is 0 Å². The van der Waals surface area contributed by atoms with Gasteiger partial charge in [0.1, 0.15) is 5.82 Å². The van der Waals surface area contributed by atoms with Crippen LogP contribution >= 0.6 is 11.6 Å². The second kappa shape index (κ2) is 8.48. The minimum Gasteiger partial charge on any atom is -0.395 e. The van der Waals surface area contributed by atoms with Gasteiger partial charge >= 0.3 is 0 Å². The van der Waals surface area contributed by atoms with Crippen molar-refractivity contribution in [3.05, 3.63) is 16.7 Å². The Hall–Kier alpha value is -0.620. The zero-order chi connectivity index (χ0) is 13.4. The van der Waals surface area contributed by atoms with Crippen LogP contribution in [0.1, 0.15) is 31.3 Å². The molecular formula is C12H22ClN3O2. The Bertz CT molecular complexity index is 344. The number of H-pyrrole nitrogens is 1. The average Bonchev–Trinajstić information content (AvgIpc) is 2.72. The van der Waals surface area contributed by atoms with E-state index in [9.17, 15) is 0 Å². The minimum atomic E-state index is -0.0894. The highest BCUT2D eigenvalue weighted by molar-refractivity contribution is 6.30. The summed E-state index contributed by atoms with van der Waals surface area (Å²) in [4.78, 5) is 7.48. The van der Waals surface area contributed by atoms with Crippen molar-refractivity contribution in [2.45, 2.75) is 38.8 Å². The molecule has 0 aliphatic rings. The highest BCUT2D eigenvalue weighted by Gasteiger charge is 2.11. The minimum absolute atomic E-state index is 0.0300. The Balaban J connectivity index is 2.48. The smallest absolute Gasteiger partial charge is 0.151 e. The van der Waals surface area contributed by atoms with Gasteiger partial charge in [-0.1, -0.05) is 24.9 Å². The summed E-state index contributed by atoms with van der Waals surface area (Å²) in [6.07, 6.45) is 3.14. The van der Waals surface area contributed by atoms with Crippen LogP contribution in [0.4, 0.5) is 0 Å². The maximum atomic E-state index is 9.12. The summed E-state index contributed by atoms with van der Waals surface area (Å²) < 4.78 is 4.99. The maximum Gasteiger partial charge on any atom is 0.151 e. The van der Waals surface area contributed by atoms with Gasteiger partial charge < -0.3 is 20.1 Å². The first kappa shape index (κ1) is 15.4. The van der Waals surface area contributed by atoms with Gasteiger partial charge in [-0.3, -0.25) is 0 Å². The predicted octanol–water partition coefficient (Wildman–Crippen LogP) is 1.50. The van der Waals surface area contributed by atoms with Gasteiger partial charge in [0.2, 0.25) is 0 Å². The number of aliphatic hydroxyl groups excluding tert-OH is 1. The van der Waals surface area contributed by atoms with Gasteiger partial charge in [0.25, 0.3) is 0 Å². The normalized spacial score (nSPS) is 12.9. The molecule has 1 rings (SSSR count). The number of rotatable bonds is 9. The zero-order valence-corrected chi connectivity index (χ0v) is 11.8. The number of hydrogen-bond donors (Lipinski definition) is 3. The lowest BCUT2D eigenvalue weighted by Crippen LogP contribution is -2.36. The van der Waals surface area contributed by atoms with Crippen molar-refractivity contribution in [3.63, 3.8) is 0 Å². The van der Waals surface area contributed by atoms with E-state index in [1.54, 1.807) is 7.11 Å². The van der Waals surface area contributed by atoms with Gasteiger partial charge in [0.15, 0.2) is 5.15 Å². The summed E-state index contributed by atoms with van der Waals surface area (Å²) in [5.74, 6) is 0.922. The number of ether oxygens (including phenoxy) is 1. The molecule has 104 valence electrons. The van der Waals surface area contributed by atoms with Gasteiger partial charge in [0.05, 0.1) is 24.9 Å². The van der Waals surface area contributed by atoms with Gasteiger partial charge in [-0.15, -0.1) is 0 Å². The van der Waals surface area contributed by atoms with Crippen molar-refractivity contribution >= 4 is 11.6 Å². The number of halogens is 1. The van der Waals surface area contributed by atoms with Crippen molar-refractivity contribution < 1.29 is 9.84 Å². The molecule has 5 nitrogen and oxygen atoms in total. The summed E-state index contributed by atoms with van der Waals surface area (Å²) in [7, 11) is 1.61. The van der Waals surface area contributed by atoms with Crippen LogP contribution in [0, 0.1) is 0 Å². The van der Waals surface area contributed by atoms with Crippen LogP contribution in [0.15, 0.2) is 0 Å². The molecule has 0 aliphatic heterocycles. The van der Waals surface area contributed by atoms with Crippen LogP contribution in [0.5, 0.6) is 0 Å². The highest BCUT2D eigenvalue weighted by atomic mass is 35.5. The second-order valence-corrected chi connectivity index (χ2v) is 4.63. The number of nitrogens with one attached hydrogen (secondary N) is 2. The molecule has 0 radical (unpaired) electrons. The molecule has 0 aliphatic carbocycles. The van der Waals surface area contributed by atoms with Crippen molar-refractivity contribution in [1.29, 1.82) is 0 Å². The van der Waals surface area contributed by atoms with Crippen LogP contribution in [-0.2, 0) is 17.7 Å². The Morgan fingerprint density at radius 3 is 2.94 bits per heavy atom. The van der Waals surface area contributed by atoms with Crippen LogP contribution in [0.25, 0.3) is 0 Å². The lowest BCUT2D eigenvalue weighted by atomic mass is 10.2. The van der Waals surface area contributed by atoms with Gasteiger partial charge in [-0.05, 0) is 6.42 Å². The van der Waals surface area contributed by atoms with E-state index < -0.39 is 0 Å². The maximum absolute atomic E-state index is 9.12. The van der Waals surface area contributed by atoms with E-state index in [0.717, 1.165) is 30.8 Å². The average molecular weight is 276 g/mol. The molecule has 6 heteroatoms. The Labute approximate surface area is 113 Å². The Kier molecular flexibility index (Phi) is 7.27. The fraction of sp³-hybridized carbons (Fsp3) is 0.750. The molecule has 18 heavy (non-hydrogen) atoms. The molecule has 1 heterocycles. The molecule has 1 unspecified atom stereocenters. The molecule has 3 N–H and O–H groups in total. The first-order valence-corrected chi connectivity index (χ1v) is 6.65. The SMILES string of the molecule is CCCCc1nc(Cl)c(CNC(CO)COC)[nH]1. The number of unbranched alkanes of at least 4 members (excludes halogenated alkanes) is 1. The summed E-state index contributed by atoms with van der Waals surface area (Å²) in [6, 6.07) is -0.0894. The number of aromatic nitrogens is 2. The molecule has 0 saturated heterocycles. The molecule has 0 saturated carbocycles. The second-order valence-electron chi connectivity index (χ2n) is 4.27. The zero-order valence-electron chi connectivity index (χ0n) is 11.0. The summed E-state index contributed by atoms with van der Waals surface area (Å²) >= 11 is 6.05. The van der Waals surface area contributed by atoms with Crippen LogP contribution in [0.2, 0.25) is 5.15 Å². The fourth-order valence-electron chi connectivity index (χ4n) is 1.64. The van der Waals surface area contributed by atoms with E-state index in [4.69, 9.17) is 21.4 Å². The molecule has 0 amide bonds. The molecule has 0 aromatic carbocycles. The Morgan fingerprint density at radius 1 is 1.56 bits per heavy atom. The number of imidazole rings is 1. The Morgan fingerprint density at radius 2 is 2.33 bits per heavy atom. The quantitative estimate of drug-likeness (QED) is 0.639. The summed E-state index contributed by atoms with van der Waals surface area (Å²) in [5.41, 5.74) is 0.859. The molecule has 0 spiro atoms. The molecule has 0 bridgehead atoms. The van der Waals surface area contributed by atoms with Crippen molar-refractivity contribution in [3.8, 4) is 0 Å². The number of methoxy groups -OCH3 is 1. The third-order valence-corrected chi connectivity index (χ3v) is 3.01. The van der Waals surface area contributed by atoms with E-state index in [-0.39, 0.29) is 12.6 Å². The van der Waals surface area contributed by atoms with E-state index in [1.807, 2.05) is 0 Å². The molecule has 1 atom stereocenters. The number of aryl methyl sites for hydroxylation is 1. The van der Waals surface area contributed by atoms with Gasteiger partial charge in [-0.2, -0.15) is 0 Å². The lowest BCUT2D eigenvalue weighted by Gasteiger charge is -2.14. The topological polar surface area (TPSA) is 70.2 Å². The van der Waals surface area contributed by atoms with Crippen molar-refractivity contribution in [2.24, 2.45) is 0 Å². The first-order chi connectivity index (χ1) is 8.71. The van der Waals surface area contributed by atoms with E-state index in [0.29, 0.717) is 18.3 Å². The van der Waals surface area contributed by atoms with E-state index in [2.05, 4.69) is 22.2 Å². The monoisotopic (exact) mass is 275 g/mol. The molecule has 1 aromatic heterocycles. The predicted molar refractivity (Wildman–Crippen MR) is 71.8 cm³/mol. The van der Waals surface area contributed by atoms with E-state index in [1.165, 1.54) is 0 Å². The molecule has 0 fully saturated rings. The van der Waals surface area contributed by atoms with Gasteiger partial charge in [0, 0.05) is 20.1 Å². The van der Waals surface area contributed by atoms with Crippen LogP contribution < -0.4 is 5.32 Å². The lowest BCUT2D eigenvalue weighted by molar-refractivity contribution is 0.128. The standard InChI is InChI=1S/C12H22ClN3O2/c1-3-4-5-11-15-10(12(13)16-11)6-14-9(7-17)8-18-2/h9,14,17H,3-8H2,1-2H3,(H,15,16). The van der Waals surface area contributed by atoms with Crippen molar-refractivity contribution in [2.75, 3.05) is 20.3 Å². The van der Waals surface area contributed by atoms with Crippen molar-refractivity contribution in [1.82, 2.24) is 15.3 Å². The number of aromatic amines is 1. The summed E-state index contributed by atoms with van der Waals surface area (Å²) in [5, 5.41) is 12.8. The number of aliphatic hydroxyl groups is 1. The number of hydrogen-bond acceptors (Lipinski definition) is 4. The molecule has 1 aromatic rings. The summed E-state index contributed by atoms with van der Waals surface area (Å²) in [6.45, 7) is 3.18. The third kappa shape index (κ3) is 4.94. The van der Waals surface area contributed by atoms with Crippen LogP contribution in [-0.4, -0.2) is 41.4 Å². The third-order valence-electron chi connectivity index (χ3n) is 2.70. The number of nitrogens with zero attached hydrogens (tertiary/aromatic N) is 1. The largest absolute Gasteiger partial charge is 0.395 e.